The van der Waals surface area contributed by atoms with Gasteiger partial charge in [0.1, 0.15) is 24.8 Å². The molecule has 0 aliphatic carbocycles. The van der Waals surface area contributed by atoms with Crippen LogP contribution in [0.1, 0.15) is 18.3 Å². The molecule has 0 aliphatic rings. The van der Waals surface area contributed by atoms with Crippen LogP contribution in [-0.4, -0.2) is 39.9 Å². The highest BCUT2D eigenvalue weighted by molar-refractivity contribution is 5.81. The number of rotatable bonds is 7. The van der Waals surface area contributed by atoms with Gasteiger partial charge in [-0.1, -0.05) is 30.3 Å². The monoisotopic (exact) mass is 318 g/mol. The van der Waals surface area contributed by atoms with Gasteiger partial charge in [-0.3, -0.25) is 5.10 Å². The molecule has 1 atom stereocenters. The lowest BCUT2D eigenvalue weighted by atomic mass is 10.2. The molecule has 8 heteroatoms. The van der Waals surface area contributed by atoms with Crippen molar-refractivity contribution >= 4 is 12.1 Å². The number of hydrogen-bond donors (Lipinski definition) is 2. The lowest BCUT2D eigenvalue weighted by Crippen LogP contribution is -2.43. The number of ether oxygens (including phenoxy) is 2. The van der Waals surface area contributed by atoms with Gasteiger partial charge in [-0.15, -0.1) is 0 Å². The Bertz CT molecular complexity index is 616. The van der Waals surface area contributed by atoms with Gasteiger partial charge in [-0.2, -0.15) is 5.10 Å². The van der Waals surface area contributed by atoms with Crippen molar-refractivity contribution in [3.05, 3.63) is 48.0 Å². The molecule has 0 fully saturated rings. The fraction of sp³-hybridized carbons (Fsp3) is 0.333. The number of hydrogen-bond acceptors (Lipinski definition) is 6. The third-order valence-corrected chi connectivity index (χ3v) is 2.94. The van der Waals surface area contributed by atoms with E-state index in [4.69, 9.17) is 9.47 Å². The molecule has 2 aromatic rings. The summed E-state index contributed by atoms with van der Waals surface area (Å²) in [7, 11) is 0. The second-order valence-electron chi connectivity index (χ2n) is 4.65. The average molecular weight is 318 g/mol. The molecule has 2 rings (SSSR count). The molecule has 0 aliphatic heterocycles. The minimum Gasteiger partial charge on any atom is -0.464 e. The van der Waals surface area contributed by atoms with Gasteiger partial charge in [0.25, 0.3) is 0 Å². The summed E-state index contributed by atoms with van der Waals surface area (Å²) < 4.78 is 10.0. The number of nitrogens with one attached hydrogen (secondary N) is 2. The van der Waals surface area contributed by atoms with E-state index in [2.05, 4.69) is 20.5 Å². The van der Waals surface area contributed by atoms with Gasteiger partial charge in [-0.05, 0) is 12.5 Å². The number of aromatic amines is 1. The summed E-state index contributed by atoms with van der Waals surface area (Å²) in [5, 5.41) is 8.82. The third kappa shape index (κ3) is 5.42. The van der Waals surface area contributed by atoms with Crippen molar-refractivity contribution < 1.29 is 19.1 Å². The number of esters is 1. The van der Waals surface area contributed by atoms with Crippen LogP contribution >= 0.6 is 0 Å². The zero-order valence-electron chi connectivity index (χ0n) is 12.7. The van der Waals surface area contributed by atoms with E-state index in [1.165, 1.54) is 6.33 Å². The fourth-order valence-corrected chi connectivity index (χ4v) is 1.87. The Kier molecular flexibility index (Phi) is 6.10. The van der Waals surface area contributed by atoms with Crippen molar-refractivity contribution in [2.75, 3.05) is 6.61 Å². The van der Waals surface area contributed by atoms with Gasteiger partial charge in [-0.25, -0.2) is 14.6 Å². The second-order valence-corrected chi connectivity index (χ2v) is 4.65. The fourth-order valence-electron chi connectivity index (χ4n) is 1.87. The predicted octanol–water partition coefficient (Wildman–Crippen LogP) is 1.21. The minimum absolute atomic E-state index is 0.116. The van der Waals surface area contributed by atoms with Gasteiger partial charge >= 0.3 is 12.1 Å². The Morgan fingerprint density at radius 3 is 2.70 bits per heavy atom. The summed E-state index contributed by atoms with van der Waals surface area (Å²) >= 11 is 0. The molecule has 0 spiro atoms. The molecule has 0 radical (unpaired) electrons. The maximum Gasteiger partial charge on any atom is 0.408 e. The number of benzene rings is 1. The van der Waals surface area contributed by atoms with Crippen molar-refractivity contribution in [2.45, 2.75) is 26.0 Å². The van der Waals surface area contributed by atoms with Gasteiger partial charge < -0.3 is 14.8 Å². The van der Waals surface area contributed by atoms with E-state index in [9.17, 15) is 9.59 Å². The molecule has 122 valence electrons. The summed E-state index contributed by atoms with van der Waals surface area (Å²) in [5.41, 5.74) is 0.852. The number of nitrogens with zero attached hydrogens (tertiary/aromatic N) is 2. The molecule has 1 unspecified atom stereocenters. The Morgan fingerprint density at radius 2 is 2.04 bits per heavy atom. The van der Waals surface area contributed by atoms with Crippen molar-refractivity contribution in [2.24, 2.45) is 0 Å². The Morgan fingerprint density at radius 1 is 1.26 bits per heavy atom. The van der Waals surface area contributed by atoms with Crippen LogP contribution in [0.5, 0.6) is 0 Å². The van der Waals surface area contributed by atoms with E-state index in [1.807, 2.05) is 30.3 Å². The molecule has 1 aromatic carbocycles. The molecule has 23 heavy (non-hydrogen) atoms. The highest BCUT2D eigenvalue weighted by Crippen LogP contribution is 2.03. The summed E-state index contributed by atoms with van der Waals surface area (Å²) in [6.07, 6.45) is 0.760. The summed E-state index contributed by atoms with van der Waals surface area (Å²) in [6, 6.07) is 8.35. The van der Waals surface area contributed by atoms with E-state index in [1.54, 1.807) is 6.92 Å². The second kappa shape index (κ2) is 8.52. The first-order valence-corrected chi connectivity index (χ1v) is 7.17. The number of carbonyl (C=O) groups is 2. The van der Waals surface area contributed by atoms with Crippen LogP contribution in [0.25, 0.3) is 0 Å². The van der Waals surface area contributed by atoms with Crippen LogP contribution in [0.4, 0.5) is 4.79 Å². The lowest BCUT2D eigenvalue weighted by molar-refractivity contribution is -0.145. The average Bonchev–Trinajstić information content (AvgIpc) is 3.06. The van der Waals surface area contributed by atoms with Crippen LogP contribution < -0.4 is 5.32 Å². The lowest BCUT2D eigenvalue weighted by Gasteiger charge is -2.16. The number of H-pyrrole nitrogens is 1. The first-order valence-electron chi connectivity index (χ1n) is 7.17. The standard InChI is InChI=1S/C15H18N4O4/c1-2-22-14(20)12(8-13-16-10-17-19-13)18-15(21)23-9-11-6-4-3-5-7-11/h3-7,10,12H,2,8-9H2,1H3,(H,18,21)(H,16,17,19). The number of aromatic nitrogens is 3. The van der Waals surface area contributed by atoms with E-state index in [0.717, 1.165) is 5.56 Å². The first-order chi connectivity index (χ1) is 11.2. The quantitative estimate of drug-likeness (QED) is 0.743. The van der Waals surface area contributed by atoms with Crippen LogP contribution in [0, 0.1) is 0 Å². The van der Waals surface area contributed by atoms with Crippen molar-refractivity contribution in [3.63, 3.8) is 0 Å². The number of alkyl carbamates (subject to hydrolysis) is 1. The molecular weight excluding hydrogens is 300 g/mol. The molecular formula is C15H18N4O4. The SMILES string of the molecule is CCOC(=O)C(Cc1ncn[nH]1)NC(=O)OCc1ccccc1. The largest absolute Gasteiger partial charge is 0.464 e. The normalized spacial score (nSPS) is 11.5. The van der Waals surface area contributed by atoms with Crippen molar-refractivity contribution in [3.8, 4) is 0 Å². The topological polar surface area (TPSA) is 106 Å². The molecule has 0 saturated carbocycles. The van der Waals surface area contributed by atoms with E-state index < -0.39 is 18.1 Å². The van der Waals surface area contributed by atoms with Gasteiger partial charge in [0.2, 0.25) is 0 Å². The van der Waals surface area contributed by atoms with E-state index in [-0.39, 0.29) is 19.6 Å². The van der Waals surface area contributed by atoms with Crippen LogP contribution in [-0.2, 0) is 27.3 Å². The first kappa shape index (κ1) is 16.5. The Hall–Kier alpha value is -2.90. The molecule has 0 bridgehead atoms. The maximum atomic E-state index is 11.9. The molecule has 1 aromatic heterocycles. The van der Waals surface area contributed by atoms with Gasteiger partial charge in [0, 0.05) is 6.42 Å². The number of carbonyl (C=O) groups excluding carboxylic acids is 2. The highest BCUT2D eigenvalue weighted by Gasteiger charge is 2.24. The Labute approximate surface area is 133 Å². The summed E-state index contributed by atoms with van der Waals surface area (Å²) in [5.74, 6) is -0.0908. The third-order valence-electron chi connectivity index (χ3n) is 2.94. The summed E-state index contributed by atoms with van der Waals surface area (Å²) in [6.45, 7) is 2.02. The van der Waals surface area contributed by atoms with Gasteiger partial charge in [0.05, 0.1) is 6.61 Å². The van der Waals surface area contributed by atoms with E-state index >= 15 is 0 Å². The maximum absolute atomic E-state index is 11.9. The van der Waals surface area contributed by atoms with Crippen LogP contribution in [0.2, 0.25) is 0 Å². The van der Waals surface area contributed by atoms with E-state index in [0.29, 0.717) is 5.82 Å². The Balaban J connectivity index is 1.90. The van der Waals surface area contributed by atoms with Crippen LogP contribution in [0.15, 0.2) is 36.7 Å². The molecule has 8 nitrogen and oxygen atoms in total. The van der Waals surface area contributed by atoms with Crippen molar-refractivity contribution in [1.82, 2.24) is 20.5 Å². The highest BCUT2D eigenvalue weighted by atomic mass is 16.6. The smallest absolute Gasteiger partial charge is 0.408 e. The molecule has 0 saturated heterocycles. The molecule has 2 N–H and O–H groups in total. The van der Waals surface area contributed by atoms with Gasteiger partial charge in [0.15, 0.2) is 0 Å². The van der Waals surface area contributed by atoms with Crippen molar-refractivity contribution in [1.29, 1.82) is 0 Å². The van der Waals surface area contributed by atoms with Crippen LogP contribution in [0.3, 0.4) is 0 Å². The summed E-state index contributed by atoms with van der Waals surface area (Å²) in [4.78, 5) is 27.7. The zero-order valence-corrected chi connectivity index (χ0v) is 12.7. The molecule has 1 heterocycles. The zero-order chi connectivity index (χ0) is 16.5. The minimum atomic E-state index is -0.897. The number of amides is 1. The molecule has 1 amide bonds. The predicted molar refractivity (Wildman–Crippen MR) is 80.3 cm³/mol.